The number of anilines is 1. The Balaban J connectivity index is 2.03. The summed E-state index contributed by atoms with van der Waals surface area (Å²) in [6, 6.07) is 12.0. The molecule has 0 aliphatic rings. The number of methoxy groups -OCH3 is 1. The van der Waals surface area contributed by atoms with Crippen LogP contribution in [0, 0.1) is 0 Å². The van der Waals surface area contributed by atoms with Crippen LogP contribution in [0.1, 0.15) is 22.8 Å². The second kappa shape index (κ2) is 9.03. The fourth-order valence-corrected chi connectivity index (χ4v) is 2.47. The van der Waals surface area contributed by atoms with Crippen molar-refractivity contribution in [3.05, 3.63) is 64.1 Å². The quantitative estimate of drug-likeness (QED) is 0.577. The topological polar surface area (TPSA) is 64.6 Å². The Morgan fingerprint density at radius 2 is 1.88 bits per heavy atom. The summed E-state index contributed by atoms with van der Waals surface area (Å²) in [5, 5.41) is 2.73. The minimum absolute atomic E-state index is 0.286. The number of amides is 1. The molecule has 0 saturated carbocycles. The number of carbonyl (C=O) groups is 2. The van der Waals surface area contributed by atoms with Crippen LogP contribution >= 0.6 is 15.9 Å². The molecule has 2 aromatic carbocycles. The van der Waals surface area contributed by atoms with E-state index in [-0.39, 0.29) is 11.9 Å². The summed E-state index contributed by atoms with van der Waals surface area (Å²) in [5.74, 6) is -0.000949. The fraction of sp³-hybridized carbons (Fsp3) is 0.158. The lowest BCUT2D eigenvalue weighted by molar-refractivity contribution is -0.111. The van der Waals surface area contributed by atoms with Gasteiger partial charge in [0.05, 0.1) is 19.3 Å². The zero-order chi connectivity index (χ0) is 18.2. The predicted octanol–water partition coefficient (Wildman–Crippen LogP) is 4.29. The van der Waals surface area contributed by atoms with Crippen molar-refractivity contribution in [2.24, 2.45) is 0 Å². The molecule has 0 radical (unpaired) electrons. The van der Waals surface area contributed by atoms with Crippen molar-refractivity contribution < 1.29 is 19.1 Å². The van der Waals surface area contributed by atoms with Crippen LogP contribution in [0.15, 0.2) is 53.0 Å². The van der Waals surface area contributed by atoms with Gasteiger partial charge in [0.25, 0.3) is 0 Å². The number of esters is 1. The van der Waals surface area contributed by atoms with Gasteiger partial charge in [0, 0.05) is 21.8 Å². The number of hydrogen-bond acceptors (Lipinski definition) is 4. The van der Waals surface area contributed by atoms with Gasteiger partial charge in [-0.2, -0.15) is 0 Å². The average molecular weight is 404 g/mol. The van der Waals surface area contributed by atoms with Gasteiger partial charge < -0.3 is 14.8 Å². The standard InChI is InChI=1S/C19H18BrNO4/c1-3-25-19(23)13-4-8-16(9-5-13)21-18(22)11-6-14-12-15(20)7-10-17(14)24-2/h4-12H,3H2,1-2H3,(H,21,22)/b11-6+. The van der Waals surface area contributed by atoms with Crippen molar-refractivity contribution in [2.45, 2.75) is 6.92 Å². The summed E-state index contributed by atoms with van der Waals surface area (Å²) in [5.41, 5.74) is 1.81. The molecule has 0 fully saturated rings. The van der Waals surface area contributed by atoms with Crippen LogP contribution in [0.2, 0.25) is 0 Å². The molecule has 0 heterocycles. The summed E-state index contributed by atoms with van der Waals surface area (Å²) in [6.45, 7) is 2.07. The van der Waals surface area contributed by atoms with Crippen molar-refractivity contribution in [3.63, 3.8) is 0 Å². The molecule has 0 atom stereocenters. The molecule has 6 heteroatoms. The summed E-state index contributed by atoms with van der Waals surface area (Å²) in [6.07, 6.45) is 3.09. The number of ether oxygens (including phenoxy) is 2. The van der Waals surface area contributed by atoms with E-state index in [1.807, 2.05) is 18.2 Å². The second-order valence-corrected chi connectivity index (χ2v) is 5.92. The van der Waals surface area contributed by atoms with E-state index < -0.39 is 0 Å². The van der Waals surface area contributed by atoms with Gasteiger partial charge in [-0.3, -0.25) is 4.79 Å². The Kier molecular flexibility index (Phi) is 6.77. The van der Waals surface area contributed by atoms with Crippen molar-refractivity contribution in [2.75, 3.05) is 19.0 Å². The smallest absolute Gasteiger partial charge is 0.338 e. The van der Waals surface area contributed by atoms with Crippen LogP contribution in [0.3, 0.4) is 0 Å². The van der Waals surface area contributed by atoms with Gasteiger partial charge in [-0.25, -0.2) is 4.79 Å². The molecule has 0 saturated heterocycles. The SMILES string of the molecule is CCOC(=O)c1ccc(NC(=O)/C=C/c2cc(Br)ccc2OC)cc1. The van der Waals surface area contributed by atoms with E-state index in [0.717, 1.165) is 10.0 Å². The average Bonchev–Trinajstić information content (AvgIpc) is 2.61. The van der Waals surface area contributed by atoms with Crippen molar-refractivity contribution in [1.29, 1.82) is 0 Å². The second-order valence-electron chi connectivity index (χ2n) is 5.01. The highest BCUT2D eigenvalue weighted by atomic mass is 79.9. The van der Waals surface area contributed by atoms with Gasteiger partial charge in [0.1, 0.15) is 5.75 Å². The predicted molar refractivity (Wildman–Crippen MR) is 101 cm³/mol. The van der Waals surface area contributed by atoms with Gasteiger partial charge in [-0.05, 0) is 55.5 Å². The Hall–Kier alpha value is -2.60. The maximum absolute atomic E-state index is 12.0. The number of benzene rings is 2. The molecule has 2 rings (SSSR count). The molecular formula is C19H18BrNO4. The molecule has 1 amide bonds. The van der Waals surface area contributed by atoms with Crippen LogP contribution in [0.5, 0.6) is 5.75 Å². The molecule has 0 spiro atoms. The molecule has 0 aliphatic heterocycles. The highest BCUT2D eigenvalue weighted by Crippen LogP contribution is 2.24. The first-order valence-corrected chi connectivity index (χ1v) is 8.42. The number of hydrogen-bond donors (Lipinski definition) is 1. The minimum Gasteiger partial charge on any atom is -0.496 e. The molecule has 130 valence electrons. The highest BCUT2D eigenvalue weighted by molar-refractivity contribution is 9.10. The maximum Gasteiger partial charge on any atom is 0.338 e. The molecule has 1 N–H and O–H groups in total. The summed E-state index contributed by atoms with van der Waals surface area (Å²) in [7, 11) is 1.58. The van der Waals surface area contributed by atoms with Gasteiger partial charge in [0.2, 0.25) is 5.91 Å². The summed E-state index contributed by atoms with van der Waals surface area (Å²) < 4.78 is 11.1. The Morgan fingerprint density at radius 3 is 2.52 bits per heavy atom. The molecule has 0 aliphatic carbocycles. The van der Waals surface area contributed by atoms with E-state index in [9.17, 15) is 9.59 Å². The first-order valence-electron chi connectivity index (χ1n) is 7.63. The van der Waals surface area contributed by atoms with Gasteiger partial charge in [-0.1, -0.05) is 15.9 Å². The Bertz CT molecular complexity index is 785. The Labute approximate surface area is 154 Å². The fourth-order valence-electron chi connectivity index (χ4n) is 2.09. The van der Waals surface area contributed by atoms with Crippen LogP contribution < -0.4 is 10.1 Å². The van der Waals surface area contributed by atoms with Gasteiger partial charge in [-0.15, -0.1) is 0 Å². The monoisotopic (exact) mass is 403 g/mol. The van der Waals surface area contributed by atoms with E-state index in [1.165, 1.54) is 6.08 Å². The molecule has 0 unspecified atom stereocenters. The van der Waals surface area contributed by atoms with Crippen molar-refractivity contribution in [3.8, 4) is 5.75 Å². The van der Waals surface area contributed by atoms with Crippen molar-refractivity contribution in [1.82, 2.24) is 0 Å². The molecule has 5 nitrogen and oxygen atoms in total. The summed E-state index contributed by atoms with van der Waals surface area (Å²) >= 11 is 3.39. The van der Waals surface area contributed by atoms with Crippen molar-refractivity contribution >= 4 is 39.6 Å². The molecule has 2 aromatic rings. The lowest BCUT2D eigenvalue weighted by atomic mass is 10.2. The number of carbonyl (C=O) groups excluding carboxylic acids is 2. The molecule has 25 heavy (non-hydrogen) atoms. The van der Waals surface area contributed by atoms with E-state index in [1.54, 1.807) is 44.4 Å². The number of halogens is 1. The number of rotatable bonds is 6. The third kappa shape index (κ3) is 5.46. The lowest BCUT2D eigenvalue weighted by Gasteiger charge is -2.06. The number of nitrogens with one attached hydrogen (secondary N) is 1. The van der Waals surface area contributed by atoms with E-state index in [2.05, 4.69) is 21.2 Å². The third-order valence-corrected chi connectivity index (χ3v) is 3.76. The first-order chi connectivity index (χ1) is 12.0. The van der Waals surface area contributed by atoms with Crippen LogP contribution in [-0.2, 0) is 9.53 Å². The van der Waals surface area contributed by atoms with E-state index in [0.29, 0.717) is 23.6 Å². The first kappa shape index (κ1) is 18.7. The van der Waals surface area contributed by atoms with E-state index >= 15 is 0 Å². The maximum atomic E-state index is 12.0. The largest absolute Gasteiger partial charge is 0.496 e. The van der Waals surface area contributed by atoms with Crippen LogP contribution in [-0.4, -0.2) is 25.6 Å². The summed E-state index contributed by atoms with van der Waals surface area (Å²) in [4.78, 5) is 23.6. The highest BCUT2D eigenvalue weighted by Gasteiger charge is 2.06. The molecular weight excluding hydrogens is 386 g/mol. The molecule has 0 aromatic heterocycles. The third-order valence-electron chi connectivity index (χ3n) is 3.27. The van der Waals surface area contributed by atoms with Crippen LogP contribution in [0.4, 0.5) is 5.69 Å². The van der Waals surface area contributed by atoms with Crippen LogP contribution in [0.25, 0.3) is 6.08 Å². The lowest BCUT2D eigenvalue weighted by Crippen LogP contribution is -2.09. The van der Waals surface area contributed by atoms with Gasteiger partial charge in [0.15, 0.2) is 0 Å². The minimum atomic E-state index is -0.387. The molecule has 0 bridgehead atoms. The van der Waals surface area contributed by atoms with E-state index in [4.69, 9.17) is 9.47 Å². The zero-order valence-corrected chi connectivity index (χ0v) is 15.5. The normalized spacial score (nSPS) is 10.5. The Morgan fingerprint density at radius 1 is 1.16 bits per heavy atom. The van der Waals surface area contributed by atoms with Gasteiger partial charge >= 0.3 is 5.97 Å². The zero-order valence-electron chi connectivity index (χ0n) is 13.9.